The van der Waals surface area contributed by atoms with Crippen LogP contribution in [-0.2, 0) is 14.8 Å². The van der Waals surface area contributed by atoms with Crippen LogP contribution in [-0.4, -0.2) is 50.6 Å². The Balaban J connectivity index is 1.55. The number of aromatic nitrogens is 1. The molecule has 2 aliphatic heterocycles. The van der Waals surface area contributed by atoms with Crippen molar-refractivity contribution in [1.29, 1.82) is 0 Å². The Morgan fingerprint density at radius 1 is 1.16 bits per heavy atom. The Morgan fingerprint density at radius 2 is 2.00 bits per heavy atom. The quantitative estimate of drug-likeness (QED) is 0.817. The van der Waals surface area contributed by atoms with Gasteiger partial charge in [-0.05, 0) is 36.4 Å². The lowest BCUT2D eigenvalue weighted by atomic mass is 10.2. The predicted octanol–water partition coefficient (Wildman–Crippen LogP) is 2.51. The second-order valence-electron chi connectivity index (χ2n) is 6.24. The number of pyridine rings is 1. The van der Waals surface area contributed by atoms with E-state index in [9.17, 15) is 8.42 Å². The number of anilines is 1. The van der Waals surface area contributed by atoms with Crippen LogP contribution in [0.3, 0.4) is 0 Å². The van der Waals surface area contributed by atoms with Crippen molar-refractivity contribution in [1.82, 2.24) is 9.29 Å². The zero-order valence-corrected chi connectivity index (χ0v) is 15.5. The van der Waals surface area contributed by atoms with Gasteiger partial charge >= 0.3 is 0 Å². The Morgan fingerprint density at radius 3 is 2.68 bits per heavy atom. The Bertz CT molecular complexity index is 800. The molecule has 134 valence electrons. The lowest BCUT2D eigenvalue weighted by Gasteiger charge is -2.27. The third-order valence-electron chi connectivity index (χ3n) is 4.75. The van der Waals surface area contributed by atoms with Crippen molar-refractivity contribution < 1.29 is 13.2 Å². The van der Waals surface area contributed by atoms with Crippen molar-refractivity contribution in [2.45, 2.75) is 23.8 Å². The smallest absolute Gasteiger partial charge is 0.244 e. The summed E-state index contributed by atoms with van der Waals surface area (Å²) in [6.45, 7) is 2.64. The normalized spacial score (nSPS) is 22.4. The largest absolute Gasteiger partial charge is 0.379 e. The van der Waals surface area contributed by atoms with Crippen LogP contribution in [0.1, 0.15) is 23.8 Å². The summed E-state index contributed by atoms with van der Waals surface area (Å²) in [6, 6.07) is 8.08. The third kappa shape index (κ3) is 3.31. The molecule has 25 heavy (non-hydrogen) atoms. The van der Waals surface area contributed by atoms with Gasteiger partial charge in [-0.2, -0.15) is 4.31 Å². The minimum atomic E-state index is -3.48. The predicted molar refractivity (Wildman–Crippen MR) is 97.5 cm³/mol. The molecule has 1 atom stereocenters. The summed E-state index contributed by atoms with van der Waals surface area (Å²) in [4.78, 5) is 8.34. The number of hydrogen-bond acceptors (Lipinski definition) is 6. The van der Waals surface area contributed by atoms with Crippen LogP contribution < -0.4 is 4.90 Å². The van der Waals surface area contributed by atoms with E-state index in [2.05, 4.69) is 27.4 Å². The van der Waals surface area contributed by atoms with Crippen molar-refractivity contribution >= 4 is 27.2 Å². The molecule has 2 saturated heterocycles. The van der Waals surface area contributed by atoms with Crippen LogP contribution in [0.25, 0.3) is 0 Å². The zero-order chi connectivity index (χ0) is 17.3. The van der Waals surface area contributed by atoms with Crippen molar-refractivity contribution in [3.05, 3.63) is 40.7 Å². The van der Waals surface area contributed by atoms with Gasteiger partial charge in [0.1, 0.15) is 10.7 Å². The molecule has 4 rings (SSSR count). The fraction of sp³-hybridized carbons (Fsp3) is 0.471. The fourth-order valence-electron chi connectivity index (χ4n) is 3.45. The summed E-state index contributed by atoms with van der Waals surface area (Å²) in [5.74, 6) is 0.844. The van der Waals surface area contributed by atoms with Gasteiger partial charge in [0.05, 0.1) is 19.3 Å². The van der Waals surface area contributed by atoms with E-state index in [1.807, 2.05) is 6.07 Å². The molecule has 0 spiro atoms. The molecule has 1 unspecified atom stereocenters. The summed E-state index contributed by atoms with van der Waals surface area (Å²) >= 11 is 1.76. The van der Waals surface area contributed by atoms with Gasteiger partial charge in [0.25, 0.3) is 0 Å². The number of thiophene rings is 1. The molecule has 0 amide bonds. The first-order chi connectivity index (χ1) is 12.2. The number of rotatable bonds is 4. The van der Waals surface area contributed by atoms with Crippen LogP contribution >= 0.6 is 11.3 Å². The van der Waals surface area contributed by atoms with E-state index in [1.165, 1.54) is 15.4 Å². The number of sulfonamides is 1. The highest BCUT2D eigenvalue weighted by atomic mass is 32.2. The highest BCUT2D eigenvalue weighted by Crippen LogP contribution is 2.37. The maximum atomic E-state index is 12.7. The minimum Gasteiger partial charge on any atom is -0.379 e. The molecule has 2 aromatic rings. The second-order valence-corrected chi connectivity index (χ2v) is 9.15. The highest BCUT2D eigenvalue weighted by Gasteiger charge is 2.29. The fourth-order valence-corrected chi connectivity index (χ4v) is 5.68. The molecule has 0 aromatic carbocycles. The standard InChI is InChI=1S/C17H21N3O3S2/c21-25(22,19-8-10-23-11-9-19)14-5-6-17(18-13-14)20-7-1-3-15(20)16-4-2-12-24-16/h2,4-6,12-13,15H,1,3,7-11H2. The summed E-state index contributed by atoms with van der Waals surface area (Å²) in [5.41, 5.74) is 0. The van der Waals surface area contributed by atoms with Gasteiger partial charge in [0.15, 0.2) is 0 Å². The van der Waals surface area contributed by atoms with E-state index in [4.69, 9.17) is 4.74 Å². The highest BCUT2D eigenvalue weighted by molar-refractivity contribution is 7.89. The van der Waals surface area contributed by atoms with Gasteiger partial charge in [-0.3, -0.25) is 0 Å². The van der Waals surface area contributed by atoms with Crippen LogP contribution in [0.5, 0.6) is 0 Å². The average molecular weight is 380 g/mol. The summed E-state index contributed by atoms with van der Waals surface area (Å²) in [6.07, 6.45) is 3.72. The van der Waals surface area contributed by atoms with Crippen LogP contribution in [0.2, 0.25) is 0 Å². The lowest BCUT2D eigenvalue weighted by molar-refractivity contribution is 0.0730. The van der Waals surface area contributed by atoms with Crippen molar-refractivity contribution in [2.24, 2.45) is 0 Å². The first-order valence-electron chi connectivity index (χ1n) is 8.50. The van der Waals surface area contributed by atoms with Gasteiger partial charge in [0, 0.05) is 30.7 Å². The van der Waals surface area contributed by atoms with Gasteiger partial charge < -0.3 is 9.64 Å². The van der Waals surface area contributed by atoms with E-state index in [0.29, 0.717) is 32.3 Å². The molecule has 0 N–H and O–H groups in total. The molecule has 0 bridgehead atoms. The topological polar surface area (TPSA) is 62.7 Å². The molecule has 6 nitrogen and oxygen atoms in total. The third-order valence-corrected chi connectivity index (χ3v) is 7.60. The molecule has 2 fully saturated rings. The molecule has 4 heterocycles. The first-order valence-corrected chi connectivity index (χ1v) is 10.8. The molecule has 0 saturated carbocycles. The molecule has 0 radical (unpaired) electrons. The molecule has 0 aliphatic carbocycles. The summed E-state index contributed by atoms with van der Waals surface area (Å²) < 4.78 is 32.1. The van der Waals surface area contributed by atoms with E-state index >= 15 is 0 Å². The van der Waals surface area contributed by atoms with Gasteiger partial charge in [-0.25, -0.2) is 13.4 Å². The Hall–Kier alpha value is -1.48. The Kier molecular flexibility index (Phi) is 4.77. The summed E-state index contributed by atoms with van der Waals surface area (Å²) in [7, 11) is -3.48. The van der Waals surface area contributed by atoms with Gasteiger partial charge in [0.2, 0.25) is 10.0 Å². The van der Waals surface area contributed by atoms with Crippen molar-refractivity contribution in [2.75, 3.05) is 37.7 Å². The minimum absolute atomic E-state index is 0.255. The number of ether oxygens (including phenoxy) is 1. The van der Waals surface area contributed by atoms with E-state index in [-0.39, 0.29) is 4.90 Å². The summed E-state index contributed by atoms with van der Waals surface area (Å²) in [5, 5.41) is 2.09. The SMILES string of the molecule is O=S(=O)(c1ccc(N2CCCC2c2cccs2)nc1)N1CCOCC1. The zero-order valence-electron chi connectivity index (χ0n) is 13.9. The average Bonchev–Trinajstić information content (AvgIpc) is 3.34. The molecule has 2 aromatic heterocycles. The Labute approximate surface area is 152 Å². The first kappa shape index (κ1) is 17.0. The number of hydrogen-bond donors (Lipinski definition) is 0. The van der Waals surface area contributed by atoms with Gasteiger partial charge in [-0.15, -0.1) is 11.3 Å². The lowest BCUT2D eigenvalue weighted by Crippen LogP contribution is -2.40. The second kappa shape index (κ2) is 7.03. The molecule has 8 heteroatoms. The monoisotopic (exact) mass is 379 g/mol. The van der Waals surface area contributed by atoms with Crippen molar-refractivity contribution in [3.63, 3.8) is 0 Å². The van der Waals surface area contributed by atoms with Crippen molar-refractivity contribution in [3.8, 4) is 0 Å². The van der Waals surface area contributed by atoms with Crippen LogP contribution in [0.15, 0.2) is 40.7 Å². The molecular formula is C17H21N3O3S2. The van der Waals surface area contributed by atoms with E-state index < -0.39 is 10.0 Å². The molecular weight excluding hydrogens is 358 g/mol. The van der Waals surface area contributed by atoms with Crippen LogP contribution in [0, 0.1) is 0 Å². The number of morpholine rings is 1. The van der Waals surface area contributed by atoms with Crippen LogP contribution in [0.4, 0.5) is 5.82 Å². The van der Waals surface area contributed by atoms with Gasteiger partial charge in [-0.1, -0.05) is 6.07 Å². The number of nitrogens with zero attached hydrogens (tertiary/aromatic N) is 3. The van der Waals surface area contributed by atoms with E-state index in [1.54, 1.807) is 17.4 Å². The maximum Gasteiger partial charge on any atom is 0.244 e. The molecule has 2 aliphatic rings. The maximum absolute atomic E-state index is 12.7. The van der Waals surface area contributed by atoms with E-state index in [0.717, 1.165) is 25.2 Å².